The lowest BCUT2D eigenvalue weighted by Gasteiger charge is -2.21. The van der Waals surface area contributed by atoms with E-state index in [9.17, 15) is 4.39 Å². The molecule has 1 aliphatic heterocycles. The molecule has 3 rings (SSSR count). The van der Waals surface area contributed by atoms with Crippen molar-refractivity contribution in [1.29, 1.82) is 0 Å². The third-order valence-corrected chi connectivity index (χ3v) is 5.14. The monoisotopic (exact) mass is 377 g/mol. The Morgan fingerprint density at radius 3 is 3.00 bits per heavy atom. The Labute approximate surface area is 157 Å². The van der Waals surface area contributed by atoms with Crippen LogP contribution in [-0.4, -0.2) is 25.8 Å². The van der Waals surface area contributed by atoms with Gasteiger partial charge in [0.15, 0.2) is 12.8 Å². The number of aliphatic imine (C=N–C) groups is 1. The molecule has 0 saturated carbocycles. The van der Waals surface area contributed by atoms with Crippen molar-refractivity contribution in [2.45, 2.75) is 33.4 Å². The van der Waals surface area contributed by atoms with Gasteiger partial charge in [0.05, 0.1) is 13.2 Å². The summed E-state index contributed by atoms with van der Waals surface area (Å²) in [6.45, 7) is 6.79. The van der Waals surface area contributed by atoms with Crippen LogP contribution in [0, 0.1) is 12.7 Å². The van der Waals surface area contributed by atoms with Crippen LogP contribution in [0.15, 0.2) is 28.6 Å². The number of fused-ring (bicyclic) bond motifs is 1. The fraction of sp³-hybridized carbons (Fsp3) is 0.421. The molecule has 0 radical (unpaired) electrons. The van der Waals surface area contributed by atoms with E-state index in [-0.39, 0.29) is 12.6 Å². The van der Waals surface area contributed by atoms with Gasteiger partial charge in [-0.1, -0.05) is 0 Å². The van der Waals surface area contributed by atoms with E-state index in [1.54, 1.807) is 11.3 Å². The van der Waals surface area contributed by atoms with Gasteiger partial charge >= 0.3 is 0 Å². The van der Waals surface area contributed by atoms with E-state index in [2.05, 4.69) is 34.0 Å². The Hall–Kier alpha value is -2.12. The second kappa shape index (κ2) is 9.00. The minimum atomic E-state index is -0.262. The summed E-state index contributed by atoms with van der Waals surface area (Å²) in [7, 11) is 0. The first-order valence-corrected chi connectivity index (χ1v) is 9.62. The molecule has 2 heterocycles. The molecule has 0 atom stereocenters. The Morgan fingerprint density at radius 1 is 1.35 bits per heavy atom. The highest BCUT2D eigenvalue weighted by Gasteiger charge is 2.16. The molecule has 1 aromatic carbocycles. The van der Waals surface area contributed by atoms with E-state index in [4.69, 9.17) is 9.47 Å². The normalized spacial score (nSPS) is 13.9. The minimum Gasteiger partial charge on any atom is -0.467 e. The van der Waals surface area contributed by atoms with E-state index in [0.717, 1.165) is 29.4 Å². The Morgan fingerprint density at radius 2 is 2.23 bits per heavy atom. The van der Waals surface area contributed by atoms with Crippen LogP contribution >= 0.6 is 11.3 Å². The first-order chi connectivity index (χ1) is 12.7. The fourth-order valence-electron chi connectivity index (χ4n) is 2.82. The lowest BCUT2D eigenvalue weighted by Crippen LogP contribution is -2.38. The molecule has 0 unspecified atom stereocenters. The molecule has 0 aliphatic carbocycles. The van der Waals surface area contributed by atoms with Crippen LogP contribution in [0.5, 0.6) is 5.75 Å². The number of halogens is 1. The zero-order valence-electron chi connectivity index (χ0n) is 15.1. The van der Waals surface area contributed by atoms with Gasteiger partial charge in [-0.25, -0.2) is 9.38 Å². The molecular formula is C19H24FN3O2S. The highest BCUT2D eigenvalue weighted by atomic mass is 32.1. The molecule has 0 bridgehead atoms. The number of guanidine groups is 1. The third-order valence-electron chi connectivity index (χ3n) is 4.13. The van der Waals surface area contributed by atoms with E-state index in [0.29, 0.717) is 26.1 Å². The zero-order chi connectivity index (χ0) is 18.4. The number of hydrogen-bond acceptors (Lipinski definition) is 4. The summed E-state index contributed by atoms with van der Waals surface area (Å²) in [5.74, 6) is 1.24. The van der Waals surface area contributed by atoms with Gasteiger partial charge in [-0.2, -0.15) is 0 Å². The predicted molar refractivity (Wildman–Crippen MR) is 102 cm³/mol. The molecule has 0 amide bonds. The van der Waals surface area contributed by atoms with Gasteiger partial charge in [0.1, 0.15) is 11.6 Å². The number of thiophene rings is 1. The molecule has 26 heavy (non-hydrogen) atoms. The molecule has 1 aliphatic rings. The molecule has 0 spiro atoms. The third kappa shape index (κ3) is 4.74. The minimum absolute atomic E-state index is 0.212. The van der Waals surface area contributed by atoms with Gasteiger partial charge in [-0.3, -0.25) is 0 Å². The maximum Gasteiger partial charge on any atom is 0.191 e. The Bertz CT molecular complexity index is 776. The first kappa shape index (κ1) is 18.7. The highest BCUT2D eigenvalue weighted by molar-refractivity contribution is 7.10. The summed E-state index contributed by atoms with van der Waals surface area (Å²) in [5, 5.41) is 8.63. The van der Waals surface area contributed by atoms with Gasteiger partial charge < -0.3 is 20.1 Å². The topological polar surface area (TPSA) is 54.9 Å². The average Bonchev–Trinajstić information content (AvgIpc) is 3.04. The van der Waals surface area contributed by atoms with Crippen LogP contribution in [-0.2, 0) is 24.3 Å². The summed E-state index contributed by atoms with van der Waals surface area (Å²) in [6, 6.07) is 5.11. The number of ether oxygens (including phenoxy) is 2. The number of nitrogens with zero attached hydrogens (tertiary/aromatic N) is 1. The molecule has 1 aromatic heterocycles. The van der Waals surface area contributed by atoms with Crippen molar-refractivity contribution in [3.8, 4) is 5.75 Å². The van der Waals surface area contributed by atoms with E-state index < -0.39 is 0 Å². The Kier molecular flexibility index (Phi) is 6.46. The summed E-state index contributed by atoms with van der Waals surface area (Å²) >= 11 is 1.71. The number of aryl methyl sites for hydroxylation is 1. The Balaban J connectivity index is 1.61. The van der Waals surface area contributed by atoms with E-state index in [1.807, 2.05) is 6.92 Å². The molecule has 7 heteroatoms. The second-order valence-corrected chi connectivity index (χ2v) is 7.06. The summed E-state index contributed by atoms with van der Waals surface area (Å²) in [4.78, 5) is 5.89. The summed E-state index contributed by atoms with van der Waals surface area (Å²) < 4.78 is 24.6. The molecule has 140 valence electrons. The lowest BCUT2D eigenvalue weighted by atomic mass is 10.1. The number of nitrogens with one attached hydrogen (secondary N) is 2. The molecule has 2 aromatic rings. The fourth-order valence-corrected chi connectivity index (χ4v) is 3.65. The molecule has 5 nitrogen and oxygen atoms in total. The van der Waals surface area contributed by atoms with Crippen molar-refractivity contribution in [3.05, 3.63) is 51.0 Å². The number of rotatable bonds is 6. The predicted octanol–water partition coefficient (Wildman–Crippen LogP) is 3.36. The van der Waals surface area contributed by atoms with E-state index >= 15 is 0 Å². The highest BCUT2D eigenvalue weighted by Crippen LogP contribution is 2.29. The van der Waals surface area contributed by atoms with Crippen LogP contribution in [0.1, 0.15) is 28.5 Å². The van der Waals surface area contributed by atoms with Crippen molar-refractivity contribution in [2.24, 2.45) is 4.99 Å². The van der Waals surface area contributed by atoms with Crippen molar-refractivity contribution in [3.63, 3.8) is 0 Å². The van der Waals surface area contributed by atoms with Crippen molar-refractivity contribution >= 4 is 17.3 Å². The molecule has 0 fully saturated rings. The van der Waals surface area contributed by atoms with Gasteiger partial charge in [-0.05, 0) is 55.0 Å². The molecule has 2 N–H and O–H groups in total. The van der Waals surface area contributed by atoms with Gasteiger partial charge in [0, 0.05) is 23.5 Å². The van der Waals surface area contributed by atoms with Crippen molar-refractivity contribution in [2.75, 3.05) is 19.9 Å². The molecular weight excluding hydrogens is 353 g/mol. The number of hydrogen-bond donors (Lipinski definition) is 2. The maximum absolute atomic E-state index is 13.8. The quantitative estimate of drug-likeness (QED) is 0.599. The van der Waals surface area contributed by atoms with Gasteiger partial charge in [0.2, 0.25) is 0 Å². The summed E-state index contributed by atoms with van der Waals surface area (Å²) in [6.07, 6.45) is 0.641. The molecule has 0 saturated heterocycles. The van der Waals surface area contributed by atoms with Gasteiger partial charge in [-0.15, -0.1) is 11.3 Å². The van der Waals surface area contributed by atoms with Gasteiger partial charge in [0.25, 0.3) is 0 Å². The van der Waals surface area contributed by atoms with Crippen LogP contribution in [0.4, 0.5) is 4.39 Å². The summed E-state index contributed by atoms with van der Waals surface area (Å²) in [5.41, 5.74) is 2.88. The number of benzene rings is 1. The first-order valence-electron chi connectivity index (χ1n) is 8.74. The van der Waals surface area contributed by atoms with Crippen LogP contribution < -0.4 is 15.4 Å². The maximum atomic E-state index is 13.8. The standard InChI is InChI=1S/C19H24FN3O2S/c1-3-21-19(23-10-17-13(2)5-7-26-17)22-6-4-14-8-16(20)9-15-11-24-12-25-18(14)15/h5,7-9H,3-4,6,10-12H2,1-2H3,(H2,21,22,23). The average molecular weight is 377 g/mol. The largest absolute Gasteiger partial charge is 0.467 e. The van der Waals surface area contributed by atoms with Crippen molar-refractivity contribution in [1.82, 2.24) is 10.6 Å². The zero-order valence-corrected chi connectivity index (χ0v) is 15.9. The smallest absolute Gasteiger partial charge is 0.191 e. The SMILES string of the molecule is CCNC(=NCc1sccc1C)NCCc1cc(F)cc2c1OCOC2. The van der Waals surface area contributed by atoms with E-state index in [1.165, 1.54) is 22.6 Å². The second-order valence-electron chi connectivity index (χ2n) is 6.06. The van der Waals surface area contributed by atoms with Crippen LogP contribution in [0.3, 0.4) is 0 Å². The van der Waals surface area contributed by atoms with Crippen LogP contribution in [0.25, 0.3) is 0 Å². The van der Waals surface area contributed by atoms with Crippen LogP contribution in [0.2, 0.25) is 0 Å². The van der Waals surface area contributed by atoms with Crippen molar-refractivity contribution < 1.29 is 13.9 Å². The lowest BCUT2D eigenvalue weighted by molar-refractivity contribution is -0.0172.